The zero-order valence-corrected chi connectivity index (χ0v) is 20.8. The van der Waals surface area contributed by atoms with Gasteiger partial charge >= 0.3 is 5.69 Å². The molecule has 0 saturated carbocycles. The van der Waals surface area contributed by atoms with E-state index in [0.717, 1.165) is 40.8 Å². The Hall–Kier alpha value is -3.78. The molecule has 0 fully saturated rings. The molecule has 0 spiro atoms. The van der Waals surface area contributed by atoms with Crippen molar-refractivity contribution in [3.05, 3.63) is 80.1 Å². The van der Waals surface area contributed by atoms with Gasteiger partial charge in [-0.25, -0.2) is 4.79 Å². The highest BCUT2D eigenvalue weighted by atomic mass is 35.5. The molecule has 0 unspecified atom stereocenters. The molecule has 8 nitrogen and oxygen atoms in total. The van der Waals surface area contributed by atoms with E-state index in [-0.39, 0.29) is 0 Å². The van der Waals surface area contributed by atoms with E-state index in [1.165, 1.54) is 17.2 Å². The van der Waals surface area contributed by atoms with Crippen molar-refractivity contribution in [3.63, 3.8) is 0 Å². The van der Waals surface area contributed by atoms with Crippen molar-refractivity contribution in [3.8, 4) is 22.7 Å². The molecular weight excluding hydrogens is 466 g/mol. The number of unbranched alkanes of at least 4 members (excludes halogenated alkanes) is 1. The molecule has 0 bridgehead atoms. The number of benzene rings is 2. The lowest BCUT2D eigenvalue weighted by Gasteiger charge is -2.11. The molecule has 0 aliphatic carbocycles. The third-order valence-electron chi connectivity index (χ3n) is 6.43. The lowest BCUT2D eigenvalue weighted by Crippen LogP contribution is -2.37. The molecule has 3 heterocycles. The molecule has 0 radical (unpaired) electrons. The van der Waals surface area contributed by atoms with Crippen LogP contribution in [0.4, 0.5) is 0 Å². The number of hydrogen-bond acceptors (Lipinski definition) is 4. The molecule has 0 aliphatic rings. The average molecular weight is 492 g/mol. The molecule has 0 amide bonds. The van der Waals surface area contributed by atoms with Gasteiger partial charge < -0.3 is 4.74 Å². The van der Waals surface area contributed by atoms with Gasteiger partial charge in [0.25, 0.3) is 5.56 Å². The van der Waals surface area contributed by atoms with E-state index >= 15 is 0 Å². The van der Waals surface area contributed by atoms with Crippen molar-refractivity contribution in [2.75, 3.05) is 7.11 Å². The minimum atomic E-state index is -0.419. The highest BCUT2D eigenvalue weighted by molar-refractivity contribution is 6.32. The quantitative estimate of drug-likeness (QED) is 0.354. The molecule has 2 aromatic carbocycles. The molecule has 9 heteroatoms. The van der Waals surface area contributed by atoms with Gasteiger partial charge in [0.15, 0.2) is 11.2 Å². The average Bonchev–Trinajstić information content (AvgIpc) is 3.42. The fourth-order valence-electron chi connectivity index (χ4n) is 4.45. The Morgan fingerprint density at radius 2 is 1.77 bits per heavy atom. The number of imidazole rings is 2. The van der Waals surface area contributed by atoms with Crippen molar-refractivity contribution in [2.24, 2.45) is 14.1 Å². The first-order valence-corrected chi connectivity index (χ1v) is 11.9. The molecule has 180 valence electrons. The Morgan fingerprint density at radius 1 is 1.03 bits per heavy atom. The van der Waals surface area contributed by atoms with E-state index in [9.17, 15) is 9.59 Å². The first kappa shape index (κ1) is 23.0. The van der Waals surface area contributed by atoms with Crippen LogP contribution in [-0.4, -0.2) is 30.2 Å². The second-order valence-electron chi connectivity index (χ2n) is 8.63. The highest BCUT2D eigenvalue weighted by Gasteiger charge is 2.22. The molecule has 0 atom stereocenters. The van der Waals surface area contributed by atoms with Gasteiger partial charge in [0.1, 0.15) is 5.75 Å². The second-order valence-corrected chi connectivity index (χ2v) is 9.04. The van der Waals surface area contributed by atoms with Gasteiger partial charge in [0.05, 0.1) is 17.8 Å². The zero-order chi connectivity index (χ0) is 24.9. The lowest BCUT2D eigenvalue weighted by atomic mass is 10.1. The summed E-state index contributed by atoms with van der Waals surface area (Å²) in [5.41, 5.74) is 3.64. The molecule has 5 rings (SSSR count). The van der Waals surface area contributed by atoms with Crippen LogP contribution in [0.5, 0.6) is 5.75 Å². The number of halogens is 1. The molecule has 35 heavy (non-hydrogen) atoms. The number of nitrogens with zero attached hydrogens (tertiary/aromatic N) is 5. The normalized spacial score (nSPS) is 11.6. The number of aromatic nitrogens is 5. The van der Waals surface area contributed by atoms with Gasteiger partial charge in [0, 0.05) is 31.5 Å². The van der Waals surface area contributed by atoms with Crippen LogP contribution in [0.25, 0.3) is 33.9 Å². The molecule has 5 aromatic rings. The van der Waals surface area contributed by atoms with Gasteiger partial charge in [0.2, 0.25) is 5.78 Å². The van der Waals surface area contributed by atoms with E-state index in [1.807, 2.05) is 29.0 Å². The summed E-state index contributed by atoms with van der Waals surface area (Å²) in [6.07, 6.45) is 5.15. The van der Waals surface area contributed by atoms with Gasteiger partial charge in [-0.3, -0.25) is 22.9 Å². The highest BCUT2D eigenvalue weighted by Crippen LogP contribution is 2.33. The van der Waals surface area contributed by atoms with E-state index in [0.29, 0.717) is 27.7 Å². The Morgan fingerprint density at radius 3 is 2.43 bits per heavy atom. The predicted molar refractivity (Wildman–Crippen MR) is 138 cm³/mol. The largest absolute Gasteiger partial charge is 0.495 e. The van der Waals surface area contributed by atoms with Crippen molar-refractivity contribution in [1.82, 2.24) is 23.1 Å². The SMILES string of the molecule is CCCCc1ccc(-n2c(-c3ccc(OC)c(Cl)c3)cn3c4c(=O)n(C)c(=O)n(C)c4nc23)cc1. The summed E-state index contributed by atoms with van der Waals surface area (Å²) >= 11 is 6.45. The first-order valence-electron chi connectivity index (χ1n) is 11.5. The number of rotatable bonds is 6. The lowest BCUT2D eigenvalue weighted by molar-refractivity contribution is 0.415. The van der Waals surface area contributed by atoms with Gasteiger partial charge in [-0.05, 0) is 48.7 Å². The Bertz CT molecular complexity index is 1690. The number of ether oxygens (including phenoxy) is 1. The number of fused-ring (bicyclic) bond motifs is 3. The summed E-state index contributed by atoms with van der Waals surface area (Å²) in [5.74, 6) is 1.11. The third kappa shape index (κ3) is 3.65. The number of methoxy groups -OCH3 is 1. The van der Waals surface area contributed by atoms with Crippen molar-refractivity contribution in [2.45, 2.75) is 26.2 Å². The summed E-state index contributed by atoms with van der Waals surface area (Å²) in [7, 11) is 4.66. The number of aryl methyl sites for hydroxylation is 2. The van der Waals surface area contributed by atoms with E-state index < -0.39 is 11.2 Å². The maximum atomic E-state index is 13.1. The standard InChI is InChI=1S/C26H26ClN5O3/c1-5-6-7-16-8-11-18(12-9-16)32-20(17-10-13-21(35-4)19(27)14-17)15-31-22-23(28-25(31)32)29(2)26(34)30(3)24(22)33/h8-15H,5-7H2,1-4H3. The van der Waals surface area contributed by atoms with Crippen molar-refractivity contribution in [1.29, 1.82) is 0 Å². The predicted octanol–water partition coefficient (Wildman–Crippen LogP) is 4.35. The van der Waals surface area contributed by atoms with Crippen LogP contribution < -0.4 is 16.0 Å². The minimum Gasteiger partial charge on any atom is -0.495 e. The smallest absolute Gasteiger partial charge is 0.332 e. The number of hydrogen-bond donors (Lipinski definition) is 0. The van der Waals surface area contributed by atoms with E-state index in [4.69, 9.17) is 21.3 Å². The van der Waals surface area contributed by atoms with Crippen LogP contribution in [0.1, 0.15) is 25.3 Å². The van der Waals surface area contributed by atoms with Gasteiger partial charge in [-0.2, -0.15) is 4.98 Å². The van der Waals surface area contributed by atoms with E-state index in [1.54, 1.807) is 18.6 Å². The summed E-state index contributed by atoms with van der Waals surface area (Å²) < 4.78 is 11.5. The van der Waals surface area contributed by atoms with Crippen LogP contribution >= 0.6 is 11.6 Å². The molecular formula is C26H26ClN5O3. The summed E-state index contributed by atoms with van der Waals surface area (Å²) in [6.45, 7) is 2.18. The Labute approximate surface area is 206 Å². The third-order valence-corrected chi connectivity index (χ3v) is 6.72. The van der Waals surface area contributed by atoms with Crippen LogP contribution in [0.2, 0.25) is 5.02 Å². The fourth-order valence-corrected chi connectivity index (χ4v) is 4.71. The Kier molecular flexibility index (Phi) is 5.76. The topological polar surface area (TPSA) is 75.5 Å². The summed E-state index contributed by atoms with van der Waals surface area (Å²) in [4.78, 5) is 30.4. The van der Waals surface area contributed by atoms with Crippen LogP contribution in [0, 0.1) is 0 Å². The maximum Gasteiger partial charge on any atom is 0.332 e. The molecule has 0 saturated heterocycles. The minimum absolute atomic E-state index is 0.334. The zero-order valence-electron chi connectivity index (χ0n) is 20.1. The first-order chi connectivity index (χ1) is 16.8. The molecule has 0 aliphatic heterocycles. The van der Waals surface area contributed by atoms with Crippen LogP contribution in [0.3, 0.4) is 0 Å². The van der Waals surface area contributed by atoms with Crippen molar-refractivity contribution >= 4 is 28.5 Å². The van der Waals surface area contributed by atoms with Crippen LogP contribution in [0.15, 0.2) is 58.3 Å². The molecule has 0 N–H and O–H groups in total. The molecule has 3 aromatic heterocycles. The maximum absolute atomic E-state index is 13.1. The second kappa shape index (κ2) is 8.78. The van der Waals surface area contributed by atoms with Gasteiger partial charge in [-0.1, -0.05) is 37.1 Å². The summed E-state index contributed by atoms with van der Waals surface area (Å²) in [5, 5.41) is 0.480. The monoisotopic (exact) mass is 491 g/mol. The van der Waals surface area contributed by atoms with E-state index in [2.05, 4.69) is 31.2 Å². The summed E-state index contributed by atoms with van der Waals surface area (Å²) in [6, 6.07) is 13.9. The fraction of sp³-hybridized carbons (Fsp3) is 0.269. The van der Waals surface area contributed by atoms with Gasteiger partial charge in [-0.15, -0.1) is 0 Å². The Balaban J connectivity index is 1.83. The van der Waals surface area contributed by atoms with Crippen molar-refractivity contribution < 1.29 is 4.74 Å². The van der Waals surface area contributed by atoms with Crippen LogP contribution in [-0.2, 0) is 20.5 Å².